The van der Waals surface area contributed by atoms with E-state index in [0.717, 1.165) is 8.66 Å². The predicted octanol–water partition coefficient (Wildman–Crippen LogP) is 2.94. The Morgan fingerprint density at radius 2 is 2.21 bits per heavy atom. The third-order valence-electron chi connectivity index (χ3n) is 3.69. The van der Waals surface area contributed by atoms with E-state index < -0.39 is 11.4 Å². The van der Waals surface area contributed by atoms with E-state index in [1.807, 2.05) is 19.1 Å². The van der Waals surface area contributed by atoms with E-state index in [0.29, 0.717) is 19.5 Å². The Kier molecular flexibility index (Phi) is 4.01. The van der Waals surface area contributed by atoms with Crippen LogP contribution in [0.2, 0.25) is 0 Å². The topological polar surface area (TPSA) is 57.6 Å². The number of amides is 1. The highest BCUT2D eigenvalue weighted by Gasteiger charge is 2.43. The number of carbonyl (C=O) groups is 2. The van der Waals surface area contributed by atoms with Crippen molar-refractivity contribution >= 4 is 39.1 Å². The van der Waals surface area contributed by atoms with Crippen LogP contribution in [0.15, 0.2) is 15.9 Å². The standard InChI is InChI=1S/C13H16BrNO3S/c1-8(9-3-4-10(14)19-9)11(16)15-6-5-13(2,7-15)12(17)18/h3-4,8H,5-7H2,1-2H3,(H,17,18)/t8-,13+/m1/s1. The molecular formula is C13H16BrNO3S. The van der Waals surface area contributed by atoms with Crippen molar-refractivity contribution in [2.24, 2.45) is 5.41 Å². The Balaban J connectivity index is 2.07. The van der Waals surface area contributed by atoms with Gasteiger partial charge in [-0.3, -0.25) is 9.59 Å². The Morgan fingerprint density at radius 1 is 1.53 bits per heavy atom. The number of hydrogen-bond acceptors (Lipinski definition) is 3. The van der Waals surface area contributed by atoms with E-state index in [9.17, 15) is 14.7 Å². The van der Waals surface area contributed by atoms with E-state index in [4.69, 9.17) is 0 Å². The van der Waals surface area contributed by atoms with Crippen molar-refractivity contribution < 1.29 is 14.7 Å². The maximum absolute atomic E-state index is 12.4. The third kappa shape index (κ3) is 2.84. The average molecular weight is 346 g/mol. The minimum atomic E-state index is -0.825. The Labute approximate surface area is 124 Å². The number of likely N-dealkylation sites (tertiary alicyclic amines) is 1. The molecule has 0 unspecified atom stereocenters. The lowest BCUT2D eigenvalue weighted by Gasteiger charge is -2.22. The summed E-state index contributed by atoms with van der Waals surface area (Å²) in [6.45, 7) is 4.41. The molecule has 2 rings (SSSR count). The van der Waals surface area contributed by atoms with Gasteiger partial charge in [0, 0.05) is 18.0 Å². The van der Waals surface area contributed by atoms with Gasteiger partial charge in [-0.25, -0.2) is 0 Å². The number of rotatable bonds is 3. The first-order chi connectivity index (χ1) is 8.83. The molecule has 1 saturated heterocycles. The van der Waals surface area contributed by atoms with Crippen molar-refractivity contribution in [1.82, 2.24) is 4.90 Å². The van der Waals surface area contributed by atoms with Crippen LogP contribution in [0, 0.1) is 5.41 Å². The molecule has 0 spiro atoms. The number of aliphatic carboxylic acids is 1. The zero-order valence-electron chi connectivity index (χ0n) is 10.9. The molecular weight excluding hydrogens is 330 g/mol. The van der Waals surface area contributed by atoms with Crippen molar-refractivity contribution in [3.63, 3.8) is 0 Å². The van der Waals surface area contributed by atoms with E-state index in [-0.39, 0.29) is 11.8 Å². The summed E-state index contributed by atoms with van der Waals surface area (Å²) in [7, 11) is 0. The van der Waals surface area contributed by atoms with Crippen LogP contribution in [-0.4, -0.2) is 35.0 Å². The van der Waals surface area contributed by atoms with Crippen LogP contribution in [-0.2, 0) is 9.59 Å². The molecule has 2 heterocycles. The number of thiophene rings is 1. The summed E-state index contributed by atoms with van der Waals surface area (Å²) < 4.78 is 0.999. The van der Waals surface area contributed by atoms with E-state index in [2.05, 4.69) is 15.9 Å². The first-order valence-electron chi connectivity index (χ1n) is 6.11. The monoisotopic (exact) mass is 345 g/mol. The predicted molar refractivity (Wildman–Crippen MR) is 77.4 cm³/mol. The van der Waals surface area contributed by atoms with Crippen molar-refractivity contribution in [3.8, 4) is 0 Å². The number of nitrogens with zero attached hydrogens (tertiary/aromatic N) is 1. The molecule has 1 aromatic heterocycles. The van der Waals surface area contributed by atoms with Crippen LogP contribution in [0.5, 0.6) is 0 Å². The lowest BCUT2D eigenvalue weighted by molar-refractivity contribution is -0.147. The maximum Gasteiger partial charge on any atom is 0.311 e. The highest BCUT2D eigenvalue weighted by atomic mass is 79.9. The number of carboxylic acid groups (broad SMARTS) is 1. The molecule has 6 heteroatoms. The van der Waals surface area contributed by atoms with Gasteiger partial charge < -0.3 is 10.0 Å². The number of carboxylic acids is 1. The summed E-state index contributed by atoms with van der Waals surface area (Å²) in [6, 6.07) is 3.86. The lowest BCUT2D eigenvalue weighted by Crippen LogP contribution is -2.36. The lowest BCUT2D eigenvalue weighted by atomic mass is 9.90. The van der Waals surface area contributed by atoms with Crippen LogP contribution >= 0.6 is 27.3 Å². The molecule has 1 aliphatic rings. The molecule has 0 bridgehead atoms. The fourth-order valence-corrected chi connectivity index (χ4v) is 3.75. The van der Waals surface area contributed by atoms with Gasteiger partial charge >= 0.3 is 5.97 Å². The van der Waals surface area contributed by atoms with Gasteiger partial charge in [-0.1, -0.05) is 0 Å². The van der Waals surface area contributed by atoms with Gasteiger partial charge in [0.25, 0.3) is 0 Å². The van der Waals surface area contributed by atoms with Crippen LogP contribution in [0.4, 0.5) is 0 Å². The molecule has 19 heavy (non-hydrogen) atoms. The maximum atomic E-state index is 12.4. The first kappa shape index (κ1) is 14.5. The van der Waals surface area contributed by atoms with Crippen LogP contribution in [0.3, 0.4) is 0 Å². The average Bonchev–Trinajstić information content (AvgIpc) is 2.95. The minimum Gasteiger partial charge on any atom is -0.481 e. The Bertz CT molecular complexity index is 516. The first-order valence-corrected chi connectivity index (χ1v) is 7.72. The number of hydrogen-bond donors (Lipinski definition) is 1. The summed E-state index contributed by atoms with van der Waals surface area (Å²) in [5.41, 5.74) is -0.800. The van der Waals surface area contributed by atoms with Gasteiger partial charge in [-0.2, -0.15) is 0 Å². The zero-order chi connectivity index (χ0) is 14.2. The molecule has 4 nitrogen and oxygen atoms in total. The summed E-state index contributed by atoms with van der Waals surface area (Å²) in [5, 5.41) is 9.19. The molecule has 2 atom stereocenters. The summed E-state index contributed by atoms with van der Waals surface area (Å²) in [4.78, 5) is 26.3. The van der Waals surface area contributed by atoms with Gasteiger partial charge in [0.05, 0.1) is 15.1 Å². The number of halogens is 1. The molecule has 1 aliphatic heterocycles. The largest absolute Gasteiger partial charge is 0.481 e. The SMILES string of the molecule is C[C@@H](C(=O)N1CC[C@](C)(C(=O)O)C1)c1ccc(Br)s1. The van der Waals surface area contributed by atoms with Crippen LogP contribution < -0.4 is 0 Å². The van der Waals surface area contributed by atoms with Crippen LogP contribution in [0.1, 0.15) is 31.1 Å². The number of carbonyl (C=O) groups excluding carboxylic acids is 1. The quantitative estimate of drug-likeness (QED) is 0.916. The molecule has 1 amide bonds. The molecule has 1 N–H and O–H groups in total. The summed E-state index contributed by atoms with van der Waals surface area (Å²) in [5.74, 6) is -1.03. The summed E-state index contributed by atoms with van der Waals surface area (Å²) >= 11 is 4.93. The molecule has 0 radical (unpaired) electrons. The van der Waals surface area contributed by atoms with Gasteiger partial charge in [0.15, 0.2) is 0 Å². The molecule has 1 fully saturated rings. The third-order valence-corrected chi connectivity index (χ3v) is 5.50. The Morgan fingerprint density at radius 3 is 2.68 bits per heavy atom. The molecule has 1 aromatic rings. The smallest absolute Gasteiger partial charge is 0.311 e. The molecule has 104 valence electrons. The fourth-order valence-electron chi connectivity index (χ4n) is 2.28. The second-order valence-electron chi connectivity index (χ2n) is 5.24. The second-order valence-corrected chi connectivity index (χ2v) is 7.73. The van der Waals surface area contributed by atoms with Gasteiger partial charge in [0.1, 0.15) is 0 Å². The fraction of sp³-hybridized carbons (Fsp3) is 0.538. The highest BCUT2D eigenvalue weighted by Crippen LogP contribution is 2.34. The molecule has 0 aliphatic carbocycles. The zero-order valence-corrected chi connectivity index (χ0v) is 13.3. The van der Waals surface area contributed by atoms with Crippen molar-refractivity contribution in [1.29, 1.82) is 0 Å². The van der Waals surface area contributed by atoms with Gasteiger partial charge in [-0.15, -0.1) is 11.3 Å². The van der Waals surface area contributed by atoms with E-state index in [1.54, 1.807) is 23.2 Å². The molecule has 0 saturated carbocycles. The minimum absolute atomic E-state index is 0.0133. The molecule has 0 aromatic carbocycles. The van der Waals surface area contributed by atoms with Gasteiger partial charge in [0.2, 0.25) is 5.91 Å². The van der Waals surface area contributed by atoms with Crippen molar-refractivity contribution in [2.45, 2.75) is 26.2 Å². The second kappa shape index (κ2) is 5.25. The normalized spacial score (nSPS) is 24.5. The van der Waals surface area contributed by atoms with Crippen molar-refractivity contribution in [2.75, 3.05) is 13.1 Å². The Hall–Kier alpha value is -0.880. The highest BCUT2D eigenvalue weighted by molar-refractivity contribution is 9.11. The van der Waals surface area contributed by atoms with Crippen molar-refractivity contribution in [3.05, 3.63) is 20.8 Å². The van der Waals surface area contributed by atoms with E-state index in [1.165, 1.54) is 0 Å². The van der Waals surface area contributed by atoms with Crippen LogP contribution in [0.25, 0.3) is 0 Å². The van der Waals surface area contributed by atoms with E-state index >= 15 is 0 Å². The summed E-state index contributed by atoms with van der Waals surface area (Å²) in [6.07, 6.45) is 0.523. The van der Waals surface area contributed by atoms with Gasteiger partial charge in [-0.05, 0) is 48.3 Å².